The number of nitrogens with zero attached hydrogens (tertiary/aromatic N) is 2. The number of hydrogen-bond acceptors (Lipinski definition) is 3. The minimum atomic E-state index is -1.82. The van der Waals surface area contributed by atoms with E-state index < -0.39 is 23.3 Å². The van der Waals surface area contributed by atoms with E-state index in [0.29, 0.717) is 21.6 Å². The lowest BCUT2D eigenvalue weighted by Gasteiger charge is -2.42. The van der Waals surface area contributed by atoms with Crippen LogP contribution in [0.3, 0.4) is 0 Å². The zero-order chi connectivity index (χ0) is 24.9. The van der Waals surface area contributed by atoms with Crippen molar-refractivity contribution in [2.24, 2.45) is 0 Å². The molecule has 1 aliphatic rings. The molecule has 35 heavy (non-hydrogen) atoms. The molecule has 0 fully saturated rings. The number of aryl methyl sites for hydroxylation is 2. The molecule has 0 aliphatic carbocycles. The summed E-state index contributed by atoms with van der Waals surface area (Å²) in [4.78, 5) is 43.3. The lowest BCUT2D eigenvalue weighted by Crippen LogP contribution is -2.68. The zero-order valence-corrected chi connectivity index (χ0v) is 20.4. The van der Waals surface area contributed by atoms with Crippen LogP contribution in [0.15, 0.2) is 72.8 Å². The van der Waals surface area contributed by atoms with Crippen molar-refractivity contribution in [3.63, 3.8) is 0 Å². The van der Waals surface area contributed by atoms with E-state index in [1.54, 1.807) is 24.3 Å². The molecule has 2 heterocycles. The Morgan fingerprint density at radius 3 is 2.46 bits per heavy atom. The summed E-state index contributed by atoms with van der Waals surface area (Å²) in [5.74, 6) is -1.49. The van der Waals surface area contributed by atoms with E-state index in [-0.39, 0.29) is 12.2 Å². The van der Waals surface area contributed by atoms with Gasteiger partial charge in [-0.2, -0.15) is 0 Å². The molecular weight excluding hydrogens is 462 g/mol. The number of fused-ring (bicyclic) bond motifs is 3. The maximum absolute atomic E-state index is 14.2. The normalized spacial score (nSPS) is 17.5. The molecule has 0 unspecified atom stereocenters. The van der Waals surface area contributed by atoms with E-state index >= 15 is 0 Å². The van der Waals surface area contributed by atoms with Crippen LogP contribution in [0.4, 0.5) is 5.69 Å². The van der Waals surface area contributed by atoms with Crippen molar-refractivity contribution < 1.29 is 14.4 Å². The number of aromatic nitrogens is 1. The van der Waals surface area contributed by atoms with Crippen LogP contribution in [0.1, 0.15) is 38.9 Å². The van der Waals surface area contributed by atoms with Gasteiger partial charge in [0.15, 0.2) is 0 Å². The van der Waals surface area contributed by atoms with E-state index in [0.717, 1.165) is 16.7 Å². The van der Waals surface area contributed by atoms with Crippen LogP contribution >= 0.6 is 11.6 Å². The number of rotatable bonds is 4. The molecule has 0 radical (unpaired) electrons. The van der Waals surface area contributed by atoms with Gasteiger partial charge in [0.1, 0.15) is 5.69 Å². The summed E-state index contributed by atoms with van der Waals surface area (Å²) in [5.41, 5.74) is 2.02. The molecule has 5 rings (SSSR count). The fourth-order valence-corrected chi connectivity index (χ4v) is 4.83. The van der Waals surface area contributed by atoms with Crippen molar-refractivity contribution in [1.29, 1.82) is 0 Å². The van der Waals surface area contributed by atoms with Crippen molar-refractivity contribution in [2.75, 3.05) is 4.90 Å². The van der Waals surface area contributed by atoms with Crippen molar-refractivity contribution in [1.82, 2.24) is 9.88 Å². The van der Waals surface area contributed by atoms with Crippen LogP contribution in [0, 0.1) is 13.8 Å². The van der Waals surface area contributed by atoms with Crippen LogP contribution in [-0.2, 0) is 11.3 Å². The first kappa shape index (κ1) is 22.9. The van der Waals surface area contributed by atoms with Gasteiger partial charge in [0.25, 0.3) is 17.7 Å². The first-order valence-electron chi connectivity index (χ1n) is 11.3. The van der Waals surface area contributed by atoms with E-state index in [1.807, 2.05) is 62.4 Å². The van der Waals surface area contributed by atoms with Crippen LogP contribution in [-0.4, -0.2) is 27.8 Å². The van der Waals surface area contributed by atoms with Crippen LogP contribution in [0.25, 0.3) is 10.9 Å². The molecule has 2 amide bonds. The molecular formula is C28H24ClN3O3. The monoisotopic (exact) mass is 485 g/mol. The SMILES string of the molecule is Cc1ccc(C)c(N2C(=O)c3cc4cc(Cl)ccc4n3C(=O)[C@]2(C)C(=O)NCc2ccccc2)c1. The molecule has 1 N–H and O–H groups in total. The highest BCUT2D eigenvalue weighted by Gasteiger charge is 2.55. The summed E-state index contributed by atoms with van der Waals surface area (Å²) in [7, 11) is 0. The molecule has 0 saturated carbocycles. The summed E-state index contributed by atoms with van der Waals surface area (Å²) >= 11 is 6.17. The fraction of sp³-hybridized carbons (Fsp3) is 0.179. The number of nitrogens with one attached hydrogen (secondary N) is 1. The molecule has 176 valence electrons. The number of carbonyl (C=O) groups is 3. The Morgan fingerprint density at radius 2 is 1.71 bits per heavy atom. The van der Waals surface area contributed by atoms with Crippen molar-refractivity contribution in [3.05, 3.63) is 100 Å². The summed E-state index contributed by atoms with van der Waals surface area (Å²) in [6.07, 6.45) is 0. The number of benzene rings is 3. The standard InChI is InChI=1S/C28H24ClN3O3/c1-17-9-10-18(2)23(13-17)32-25(33)24-15-20-14-21(29)11-12-22(20)31(24)27(35)28(32,3)26(34)30-16-19-7-5-4-6-8-19/h4-15H,16H2,1-3H3,(H,30,34)/t28-/m0/s1. The second-order valence-corrected chi connectivity index (χ2v) is 9.48. The van der Waals surface area contributed by atoms with Gasteiger partial charge in [-0.15, -0.1) is 0 Å². The average Bonchev–Trinajstić information content (AvgIpc) is 3.22. The first-order valence-corrected chi connectivity index (χ1v) is 11.7. The summed E-state index contributed by atoms with van der Waals surface area (Å²) in [6, 6.07) is 21.8. The smallest absolute Gasteiger partial charge is 0.276 e. The molecule has 1 aliphatic heterocycles. The quantitative estimate of drug-likeness (QED) is 0.399. The molecule has 0 spiro atoms. The van der Waals surface area contributed by atoms with E-state index in [4.69, 9.17) is 11.6 Å². The van der Waals surface area contributed by atoms with E-state index in [1.165, 1.54) is 16.4 Å². The van der Waals surface area contributed by atoms with Crippen molar-refractivity contribution in [3.8, 4) is 0 Å². The van der Waals surface area contributed by atoms with Gasteiger partial charge in [-0.25, -0.2) is 0 Å². The first-order chi connectivity index (χ1) is 16.7. The summed E-state index contributed by atoms with van der Waals surface area (Å²) in [6.45, 7) is 5.51. The molecule has 0 bridgehead atoms. The molecule has 7 heteroatoms. The second kappa shape index (κ2) is 8.40. The molecule has 1 aromatic heterocycles. The number of hydrogen-bond donors (Lipinski definition) is 1. The van der Waals surface area contributed by atoms with Crippen LogP contribution < -0.4 is 10.2 Å². The minimum Gasteiger partial charge on any atom is -0.350 e. The topological polar surface area (TPSA) is 71.4 Å². The Hall–Kier alpha value is -3.90. The van der Waals surface area contributed by atoms with Gasteiger partial charge < -0.3 is 5.32 Å². The maximum Gasteiger partial charge on any atom is 0.276 e. The van der Waals surface area contributed by atoms with Crippen molar-refractivity contribution in [2.45, 2.75) is 32.9 Å². The summed E-state index contributed by atoms with van der Waals surface area (Å²) < 4.78 is 1.34. The van der Waals surface area contributed by atoms with Gasteiger partial charge in [0, 0.05) is 22.6 Å². The highest BCUT2D eigenvalue weighted by atomic mass is 35.5. The minimum absolute atomic E-state index is 0.196. The lowest BCUT2D eigenvalue weighted by molar-refractivity contribution is -0.124. The van der Waals surface area contributed by atoms with Gasteiger partial charge >= 0.3 is 0 Å². The number of carbonyl (C=O) groups excluding carboxylic acids is 3. The maximum atomic E-state index is 14.2. The molecule has 6 nitrogen and oxygen atoms in total. The van der Waals surface area contributed by atoms with E-state index in [9.17, 15) is 14.4 Å². The number of halogens is 1. The third-order valence-electron chi connectivity index (χ3n) is 6.60. The zero-order valence-electron chi connectivity index (χ0n) is 19.6. The Morgan fingerprint density at radius 1 is 0.971 bits per heavy atom. The van der Waals surface area contributed by atoms with Crippen LogP contribution in [0.2, 0.25) is 5.02 Å². The Labute approximate surface area is 208 Å². The molecule has 4 aromatic rings. The van der Waals surface area contributed by atoms with Gasteiger partial charge in [-0.1, -0.05) is 54.1 Å². The third-order valence-corrected chi connectivity index (χ3v) is 6.83. The largest absolute Gasteiger partial charge is 0.350 e. The van der Waals surface area contributed by atoms with Crippen molar-refractivity contribution >= 4 is 45.9 Å². The predicted octanol–water partition coefficient (Wildman–Crippen LogP) is 5.29. The molecule has 3 aromatic carbocycles. The predicted molar refractivity (Wildman–Crippen MR) is 137 cm³/mol. The second-order valence-electron chi connectivity index (χ2n) is 9.04. The third kappa shape index (κ3) is 3.61. The van der Waals surface area contributed by atoms with Gasteiger partial charge in [0.2, 0.25) is 5.54 Å². The summed E-state index contributed by atoms with van der Waals surface area (Å²) in [5, 5.41) is 4.04. The van der Waals surface area contributed by atoms with Gasteiger partial charge in [-0.05, 0) is 67.8 Å². The van der Waals surface area contributed by atoms with Gasteiger partial charge in [-0.3, -0.25) is 23.9 Å². The fourth-order valence-electron chi connectivity index (χ4n) is 4.65. The number of anilines is 1. The highest BCUT2D eigenvalue weighted by molar-refractivity contribution is 6.32. The molecule has 0 saturated heterocycles. The lowest BCUT2D eigenvalue weighted by atomic mass is 9.91. The van der Waals surface area contributed by atoms with Crippen LogP contribution in [0.5, 0.6) is 0 Å². The Bertz CT molecular complexity index is 1510. The molecule has 1 atom stereocenters. The number of amides is 2. The Balaban J connectivity index is 1.69. The highest BCUT2D eigenvalue weighted by Crippen LogP contribution is 2.38. The Kier molecular flexibility index (Phi) is 5.49. The average molecular weight is 486 g/mol. The van der Waals surface area contributed by atoms with E-state index in [2.05, 4.69) is 5.32 Å². The van der Waals surface area contributed by atoms with Gasteiger partial charge in [0.05, 0.1) is 5.52 Å².